The van der Waals surface area contributed by atoms with Crippen LogP contribution in [-0.2, 0) is 11.3 Å². The average Bonchev–Trinajstić information content (AvgIpc) is 2.31. The Bertz CT molecular complexity index is 312. The molecule has 0 spiro atoms. The van der Waals surface area contributed by atoms with Gasteiger partial charge in [-0.15, -0.1) is 0 Å². The van der Waals surface area contributed by atoms with Crippen LogP contribution in [0.5, 0.6) is 11.5 Å². The molecule has 0 fully saturated rings. The smallest absolute Gasteiger partial charge is 0.189 e. The predicted molar refractivity (Wildman–Crippen MR) is 60.7 cm³/mol. The molecular weight excluding hydrogens is 208 g/mol. The van der Waals surface area contributed by atoms with Crippen LogP contribution in [-0.4, -0.2) is 25.1 Å². The minimum atomic E-state index is -0.00812. The van der Waals surface area contributed by atoms with Gasteiger partial charge >= 0.3 is 0 Å². The summed E-state index contributed by atoms with van der Waals surface area (Å²) in [6, 6.07) is 5.34. The highest BCUT2D eigenvalue weighted by Gasteiger charge is 2.05. The van der Waals surface area contributed by atoms with Gasteiger partial charge in [-0.05, 0) is 31.5 Å². The first kappa shape index (κ1) is 12.8. The SMILES string of the molecule is CCOCOc1ccc(CO)cc1OCC. The molecule has 0 atom stereocenters. The molecule has 4 nitrogen and oxygen atoms in total. The fraction of sp³-hybridized carbons (Fsp3) is 0.500. The van der Waals surface area contributed by atoms with Crippen molar-refractivity contribution in [1.82, 2.24) is 0 Å². The van der Waals surface area contributed by atoms with Crippen molar-refractivity contribution in [2.24, 2.45) is 0 Å². The van der Waals surface area contributed by atoms with Gasteiger partial charge in [0.25, 0.3) is 0 Å². The van der Waals surface area contributed by atoms with E-state index in [1.54, 1.807) is 18.2 Å². The zero-order valence-electron chi connectivity index (χ0n) is 9.73. The quantitative estimate of drug-likeness (QED) is 0.570. The molecule has 0 radical (unpaired) electrons. The van der Waals surface area contributed by atoms with Gasteiger partial charge in [0.1, 0.15) is 0 Å². The Morgan fingerprint density at radius 3 is 2.50 bits per heavy atom. The molecule has 0 heterocycles. The molecule has 1 aromatic rings. The van der Waals surface area contributed by atoms with Gasteiger partial charge in [0.2, 0.25) is 0 Å². The molecule has 0 saturated heterocycles. The van der Waals surface area contributed by atoms with Gasteiger partial charge in [0.15, 0.2) is 18.3 Å². The first-order valence-electron chi connectivity index (χ1n) is 5.38. The van der Waals surface area contributed by atoms with Gasteiger partial charge in [-0.1, -0.05) is 6.07 Å². The summed E-state index contributed by atoms with van der Waals surface area (Å²) in [6.07, 6.45) is 0. The Morgan fingerprint density at radius 2 is 1.88 bits per heavy atom. The molecule has 4 heteroatoms. The molecule has 0 unspecified atom stereocenters. The second-order valence-corrected chi connectivity index (χ2v) is 3.13. The van der Waals surface area contributed by atoms with Crippen molar-refractivity contribution < 1.29 is 19.3 Å². The van der Waals surface area contributed by atoms with Crippen molar-refractivity contribution in [3.63, 3.8) is 0 Å². The van der Waals surface area contributed by atoms with E-state index in [0.29, 0.717) is 24.7 Å². The molecule has 1 aromatic carbocycles. The molecular formula is C12H18O4. The monoisotopic (exact) mass is 226 g/mol. The number of hydrogen-bond acceptors (Lipinski definition) is 4. The van der Waals surface area contributed by atoms with Crippen LogP contribution in [0.2, 0.25) is 0 Å². The van der Waals surface area contributed by atoms with E-state index in [2.05, 4.69) is 0 Å². The number of ether oxygens (including phenoxy) is 3. The lowest BCUT2D eigenvalue weighted by Gasteiger charge is -2.12. The highest BCUT2D eigenvalue weighted by atomic mass is 16.7. The van der Waals surface area contributed by atoms with Gasteiger partial charge in [-0.3, -0.25) is 0 Å². The summed E-state index contributed by atoms with van der Waals surface area (Å²) in [5.41, 5.74) is 0.798. The third-order valence-corrected chi connectivity index (χ3v) is 1.99. The Morgan fingerprint density at radius 1 is 1.06 bits per heavy atom. The van der Waals surface area contributed by atoms with Gasteiger partial charge in [0, 0.05) is 6.61 Å². The number of benzene rings is 1. The summed E-state index contributed by atoms with van der Waals surface area (Å²) in [5, 5.41) is 9.01. The molecule has 90 valence electrons. The molecule has 0 aromatic heterocycles. The normalized spacial score (nSPS) is 10.2. The summed E-state index contributed by atoms with van der Waals surface area (Å²) < 4.78 is 15.9. The molecule has 0 aliphatic heterocycles. The van der Waals surface area contributed by atoms with Crippen LogP contribution >= 0.6 is 0 Å². The molecule has 1 N–H and O–H groups in total. The molecule has 0 amide bonds. The van der Waals surface area contributed by atoms with Crippen molar-refractivity contribution in [1.29, 1.82) is 0 Å². The molecule has 16 heavy (non-hydrogen) atoms. The first-order chi connectivity index (χ1) is 7.81. The lowest BCUT2D eigenvalue weighted by molar-refractivity contribution is 0.0206. The van der Waals surface area contributed by atoms with E-state index in [-0.39, 0.29) is 13.4 Å². The Balaban J connectivity index is 2.72. The maximum absolute atomic E-state index is 9.01. The van der Waals surface area contributed by atoms with Crippen LogP contribution < -0.4 is 9.47 Å². The molecule has 0 aliphatic carbocycles. The van der Waals surface area contributed by atoms with Crippen LogP contribution in [0.3, 0.4) is 0 Å². The topological polar surface area (TPSA) is 47.9 Å². The van der Waals surface area contributed by atoms with Gasteiger partial charge in [-0.2, -0.15) is 0 Å². The minimum absolute atomic E-state index is 0.00812. The van der Waals surface area contributed by atoms with Crippen molar-refractivity contribution >= 4 is 0 Å². The molecule has 0 saturated carbocycles. The fourth-order valence-electron chi connectivity index (χ4n) is 1.23. The predicted octanol–water partition coefficient (Wildman–Crippen LogP) is 1.95. The summed E-state index contributed by atoms with van der Waals surface area (Å²) in [7, 11) is 0. The van der Waals surface area contributed by atoms with Crippen molar-refractivity contribution in [3.05, 3.63) is 23.8 Å². The second kappa shape index (κ2) is 7.09. The minimum Gasteiger partial charge on any atom is -0.490 e. The number of rotatable bonds is 7. The van der Waals surface area contributed by atoms with E-state index in [9.17, 15) is 0 Å². The van der Waals surface area contributed by atoms with Crippen molar-refractivity contribution in [2.45, 2.75) is 20.5 Å². The largest absolute Gasteiger partial charge is 0.490 e. The van der Waals surface area contributed by atoms with Crippen LogP contribution in [0.4, 0.5) is 0 Å². The van der Waals surface area contributed by atoms with E-state index >= 15 is 0 Å². The van der Waals surface area contributed by atoms with Crippen LogP contribution in [0.15, 0.2) is 18.2 Å². The third-order valence-electron chi connectivity index (χ3n) is 1.99. The van der Waals surface area contributed by atoms with E-state index in [4.69, 9.17) is 19.3 Å². The van der Waals surface area contributed by atoms with Gasteiger partial charge < -0.3 is 19.3 Å². The Kier molecular flexibility index (Phi) is 5.67. The highest BCUT2D eigenvalue weighted by Crippen LogP contribution is 2.28. The lowest BCUT2D eigenvalue weighted by Crippen LogP contribution is -2.04. The van der Waals surface area contributed by atoms with Crippen LogP contribution in [0.1, 0.15) is 19.4 Å². The summed E-state index contributed by atoms with van der Waals surface area (Å²) in [5.74, 6) is 1.27. The van der Waals surface area contributed by atoms with E-state index in [1.807, 2.05) is 13.8 Å². The summed E-state index contributed by atoms with van der Waals surface area (Å²) in [6.45, 7) is 5.17. The summed E-state index contributed by atoms with van der Waals surface area (Å²) in [4.78, 5) is 0. The van der Waals surface area contributed by atoms with Crippen molar-refractivity contribution in [2.75, 3.05) is 20.0 Å². The zero-order valence-corrected chi connectivity index (χ0v) is 9.73. The van der Waals surface area contributed by atoms with Gasteiger partial charge in [-0.25, -0.2) is 0 Å². The molecule has 0 aliphatic rings. The van der Waals surface area contributed by atoms with Gasteiger partial charge in [0.05, 0.1) is 13.2 Å². The van der Waals surface area contributed by atoms with E-state index in [0.717, 1.165) is 5.56 Å². The number of aliphatic hydroxyl groups is 1. The fourth-order valence-corrected chi connectivity index (χ4v) is 1.23. The Labute approximate surface area is 95.8 Å². The second-order valence-electron chi connectivity index (χ2n) is 3.13. The molecule has 0 bridgehead atoms. The third kappa shape index (κ3) is 3.72. The maximum Gasteiger partial charge on any atom is 0.189 e. The van der Waals surface area contributed by atoms with E-state index in [1.165, 1.54) is 0 Å². The lowest BCUT2D eigenvalue weighted by atomic mass is 10.2. The van der Waals surface area contributed by atoms with E-state index < -0.39 is 0 Å². The van der Waals surface area contributed by atoms with Crippen LogP contribution in [0, 0.1) is 0 Å². The number of aliphatic hydroxyl groups excluding tert-OH is 1. The highest BCUT2D eigenvalue weighted by molar-refractivity contribution is 5.42. The summed E-state index contributed by atoms with van der Waals surface area (Å²) >= 11 is 0. The Hall–Kier alpha value is -1.26. The first-order valence-corrected chi connectivity index (χ1v) is 5.38. The average molecular weight is 226 g/mol. The van der Waals surface area contributed by atoms with Crippen LogP contribution in [0.25, 0.3) is 0 Å². The van der Waals surface area contributed by atoms with Crippen molar-refractivity contribution in [3.8, 4) is 11.5 Å². The standard InChI is InChI=1S/C12H18O4/c1-3-14-9-16-11-6-5-10(8-13)7-12(11)15-4-2/h5-7,13H,3-4,8-9H2,1-2H3. The molecule has 1 rings (SSSR count). The zero-order chi connectivity index (χ0) is 11.8. The maximum atomic E-state index is 9.01. The number of hydrogen-bond donors (Lipinski definition) is 1.